The standard InChI is InChI=1S/C14H26N2O3/c1-2-3-4-7-10-15-13(19)16-14(11-12(17)18)8-5-6-9-14/h2-11H2,1H3,(H,17,18)(H2,15,16,19). The van der Waals surface area contributed by atoms with Gasteiger partial charge in [0.05, 0.1) is 12.0 Å². The lowest BCUT2D eigenvalue weighted by Crippen LogP contribution is -2.51. The molecule has 0 aliphatic heterocycles. The summed E-state index contributed by atoms with van der Waals surface area (Å²) >= 11 is 0. The minimum absolute atomic E-state index is 0.0241. The highest BCUT2D eigenvalue weighted by atomic mass is 16.4. The number of carbonyl (C=O) groups is 2. The summed E-state index contributed by atoms with van der Waals surface area (Å²) in [5, 5.41) is 14.7. The number of nitrogens with one attached hydrogen (secondary N) is 2. The summed E-state index contributed by atoms with van der Waals surface area (Å²) < 4.78 is 0. The molecule has 0 atom stereocenters. The molecule has 5 nitrogen and oxygen atoms in total. The lowest BCUT2D eigenvalue weighted by atomic mass is 9.93. The monoisotopic (exact) mass is 270 g/mol. The molecule has 0 bridgehead atoms. The van der Waals surface area contributed by atoms with E-state index in [1.54, 1.807) is 0 Å². The smallest absolute Gasteiger partial charge is 0.315 e. The van der Waals surface area contributed by atoms with Crippen molar-refractivity contribution >= 4 is 12.0 Å². The van der Waals surface area contributed by atoms with E-state index in [1.807, 2.05) is 0 Å². The maximum Gasteiger partial charge on any atom is 0.315 e. The summed E-state index contributed by atoms with van der Waals surface area (Å²) in [6.45, 7) is 2.81. The van der Waals surface area contributed by atoms with Crippen molar-refractivity contribution in [2.24, 2.45) is 0 Å². The normalized spacial score (nSPS) is 17.1. The second kappa shape index (κ2) is 8.02. The quantitative estimate of drug-likeness (QED) is 0.593. The van der Waals surface area contributed by atoms with E-state index in [1.165, 1.54) is 12.8 Å². The SMILES string of the molecule is CCCCCCNC(=O)NC1(CC(=O)O)CCCC1. The van der Waals surface area contributed by atoms with E-state index < -0.39 is 11.5 Å². The third kappa shape index (κ3) is 5.94. The number of hydrogen-bond donors (Lipinski definition) is 3. The van der Waals surface area contributed by atoms with Gasteiger partial charge in [-0.05, 0) is 19.3 Å². The number of aliphatic carboxylic acids is 1. The Bertz CT molecular complexity index is 299. The van der Waals surface area contributed by atoms with Crippen LogP contribution in [0.25, 0.3) is 0 Å². The number of amides is 2. The molecule has 2 amide bonds. The minimum atomic E-state index is -0.842. The highest BCUT2D eigenvalue weighted by molar-refractivity contribution is 5.76. The molecule has 110 valence electrons. The number of rotatable bonds is 8. The highest BCUT2D eigenvalue weighted by Gasteiger charge is 2.37. The first-order valence-corrected chi connectivity index (χ1v) is 7.36. The molecule has 0 aromatic heterocycles. The average molecular weight is 270 g/mol. The van der Waals surface area contributed by atoms with Gasteiger partial charge in [0, 0.05) is 6.54 Å². The van der Waals surface area contributed by atoms with Crippen LogP contribution in [0, 0.1) is 0 Å². The van der Waals surface area contributed by atoms with Crippen molar-refractivity contribution in [3.63, 3.8) is 0 Å². The number of carboxylic acid groups (broad SMARTS) is 1. The Hall–Kier alpha value is -1.26. The summed E-state index contributed by atoms with van der Waals surface area (Å²) in [6.07, 6.45) is 8.00. The molecule has 19 heavy (non-hydrogen) atoms. The first-order valence-electron chi connectivity index (χ1n) is 7.36. The Labute approximate surface area is 115 Å². The molecule has 0 unspecified atom stereocenters. The van der Waals surface area contributed by atoms with Crippen LogP contribution in [0.2, 0.25) is 0 Å². The van der Waals surface area contributed by atoms with Crippen molar-refractivity contribution in [1.82, 2.24) is 10.6 Å². The molecule has 1 aliphatic carbocycles. The van der Waals surface area contributed by atoms with Crippen LogP contribution in [0.15, 0.2) is 0 Å². The van der Waals surface area contributed by atoms with E-state index in [4.69, 9.17) is 5.11 Å². The zero-order valence-electron chi connectivity index (χ0n) is 11.8. The van der Waals surface area contributed by atoms with E-state index in [0.717, 1.165) is 38.5 Å². The van der Waals surface area contributed by atoms with Gasteiger partial charge < -0.3 is 15.7 Å². The van der Waals surface area contributed by atoms with Gasteiger partial charge in [-0.1, -0.05) is 39.0 Å². The summed E-state index contributed by atoms with van der Waals surface area (Å²) in [4.78, 5) is 22.7. The molecule has 0 saturated heterocycles. The third-order valence-corrected chi connectivity index (χ3v) is 3.74. The van der Waals surface area contributed by atoms with Gasteiger partial charge in [0.1, 0.15) is 0 Å². The molecule has 1 aliphatic rings. The van der Waals surface area contributed by atoms with E-state index in [-0.39, 0.29) is 12.5 Å². The first kappa shape index (κ1) is 15.8. The molecule has 3 N–H and O–H groups in total. The first-order chi connectivity index (χ1) is 9.08. The molecular weight excluding hydrogens is 244 g/mol. The lowest BCUT2D eigenvalue weighted by molar-refractivity contribution is -0.138. The van der Waals surface area contributed by atoms with Crippen molar-refractivity contribution in [3.8, 4) is 0 Å². The van der Waals surface area contributed by atoms with Crippen molar-refractivity contribution < 1.29 is 14.7 Å². The van der Waals surface area contributed by atoms with Gasteiger partial charge in [0.25, 0.3) is 0 Å². The molecule has 0 heterocycles. The largest absolute Gasteiger partial charge is 0.481 e. The predicted molar refractivity (Wildman–Crippen MR) is 74.1 cm³/mol. The highest BCUT2D eigenvalue weighted by Crippen LogP contribution is 2.32. The molecule has 1 fully saturated rings. The fourth-order valence-electron chi connectivity index (χ4n) is 2.73. The van der Waals surface area contributed by atoms with E-state index in [2.05, 4.69) is 17.6 Å². The summed E-state index contributed by atoms with van der Waals surface area (Å²) in [5.41, 5.74) is -0.528. The van der Waals surface area contributed by atoms with Crippen LogP contribution in [0.1, 0.15) is 64.7 Å². The van der Waals surface area contributed by atoms with Crippen molar-refractivity contribution in [2.75, 3.05) is 6.54 Å². The Balaban J connectivity index is 2.29. The molecule has 5 heteroatoms. The maximum absolute atomic E-state index is 11.8. The summed E-state index contributed by atoms with van der Waals surface area (Å²) in [5.74, 6) is -0.842. The van der Waals surface area contributed by atoms with E-state index >= 15 is 0 Å². The lowest BCUT2D eigenvalue weighted by Gasteiger charge is -2.28. The second-order valence-electron chi connectivity index (χ2n) is 5.50. The molecule has 1 rings (SSSR count). The van der Waals surface area contributed by atoms with E-state index in [0.29, 0.717) is 6.54 Å². The van der Waals surface area contributed by atoms with Gasteiger partial charge in [-0.3, -0.25) is 4.79 Å². The summed E-state index contributed by atoms with van der Waals surface area (Å²) in [7, 11) is 0. The van der Waals surface area contributed by atoms with Crippen LogP contribution in [0.3, 0.4) is 0 Å². The zero-order chi connectivity index (χ0) is 14.1. The van der Waals surface area contributed by atoms with Gasteiger partial charge in [0.2, 0.25) is 0 Å². The Morgan fingerprint density at radius 3 is 2.42 bits per heavy atom. The van der Waals surface area contributed by atoms with Gasteiger partial charge in [-0.15, -0.1) is 0 Å². The topological polar surface area (TPSA) is 78.4 Å². The molecule has 0 radical (unpaired) electrons. The number of hydrogen-bond acceptors (Lipinski definition) is 2. The van der Waals surface area contributed by atoms with Crippen LogP contribution < -0.4 is 10.6 Å². The molecule has 0 aromatic rings. The fourth-order valence-corrected chi connectivity index (χ4v) is 2.73. The predicted octanol–water partition coefficient (Wildman–Crippen LogP) is 2.65. The number of carboxylic acids is 1. The second-order valence-corrected chi connectivity index (χ2v) is 5.50. The molecule has 0 aromatic carbocycles. The Kier molecular flexibility index (Phi) is 6.67. The van der Waals surface area contributed by atoms with Gasteiger partial charge in [-0.2, -0.15) is 0 Å². The number of unbranched alkanes of at least 4 members (excludes halogenated alkanes) is 3. The van der Waals surface area contributed by atoms with Gasteiger partial charge >= 0.3 is 12.0 Å². The Morgan fingerprint density at radius 1 is 1.16 bits per heavy atom. The van der Waals surface area contributed by atoms with Gasteiger partial charge in [-0.25, -0.2) is 4.79 Å². The zero-order valence-corrected chi connectivity index (χ0v) is 11.8. The fraction of sp³-hybridized carbons (Fsp3) is 0.857. The summed E-state index contributed by atoms with van der Waals surface area (Å²) in [6, 6.07) is -0.223. The van der Waals surface area contributed by atoms with Crippen molar-refractivity contribution in [1.29, 1.82) is 0 Å². The molecular formula is C14H26N2O3. The van der Waals surface area contributed by atoms with E-state index in [9.17, 15) is 9.59 Å². The minimum Gasteiger partial charge on any atom is -0.481 e. The number of urea groups is 1. The van der Waals surface area contributed by atoms with Crippen LogP contribution in [-0.4, -0.2) is 29.2 Å². The van der Waals surface area contributed by atoms with Gasteiger partial charge in [0.15, 0.2) is 0 Å². The van der Waals surface area contributed by atoms with Crippen molar-refractivity contribution in [2.45, 2.75) is 70.3 Å². The number of carbonyl (C=O) groups excluding carboxylic acids is 1. The van der Waals surface area contributed by atoms with Crippen LogP contribution in [-0.2, 0) is 4.79 Å². The molecule has 1 saturated carbocycles. The van der Waals surface area contributed by atoms with Crippen LogP contribution in [0.5, 0.6) is 0 Å². The third-order valence-electron chi connectivity index (χ3n) is 3.74. The maximum atomic E-state index is 11.8. The van der Waals surface area contributed by atoms with Crippen LogP contribution in [0.4, 0.5) is 4.79 Å². The molecule has 0 spiro atoms. The van der Waals surface area contributed by atoms with Crippen molar-refractivity contribution in [3.05, 3.63) is 0 Å². The average Bonchev–Trinajstić information content (AvgIpc) is 2.76. The Morgan fingerprint density at radius 2 is 1.84 bits per heavy atom. The van der Waals surface area contributed by atoms with Crippen LogP contribution >= 0.6 is 0 Å².